The summed E-state index contributed by atoms with van der Waals surface area (Å²) in [5.74, 6) is -0.702. The smallest absolute Gasteiger partial charge is 0.315 e. The van der Waals surface area contributed by atoms with E-state index in [9.17, 15) is 14.7 Å². The molecule has 0 aliphatic heterocycles. The van der Waals surface area contributed by atoms with Crippen molar-refractivity contribution in [3.63, 3.8) is 0 Å². The zero-order chi connectivity index (χ0) is 20.2. The van der Waals surface area contributed by atoms with Gasteiger partial charge in [-0.25, -0.2) is 0 Å². The van der Waals surface area contributed by atoms with Crippen molar-refractivity contribution >= 4 is 11.9 Å². The van der Waals surface area contributed by atoms with E-state index in [1.807, 2.05) is 24.6 Å². The molecule has 0 aliphatic carbocycles. The van der Waals surface area contributed by atoms with E-state index in [1.165, 1.54) is 0 Å². The number of carbonyl (C=O) groups is 2. The van der Waals surface area contributed by atoms with E-state index in [1.54, 1.807) is 31.2 Å². The quantitative estimate of drug-likeness (QED) is 0.747. The van der Waals surface area contributed by atoms with Crippen LogP contribution in [0.15, 0.2) is 30.3 Å². The number of aromatic nitrogens is 2. The SMILES string of the molecule is Cc1nn(CC(C)C)c(C)c1CC(=O)NCC(C)(C(=O)O)c1ccccc1. The first-order chi connectivity index (χ1) is 12.6. The lowest BCUT2D eigenvalue weighted by Gasteiger charge is -2.25. The van der Waals surface area contributed by atoms with Crippen LogP contribution in [0, 0.1) is 19.8 Å². The maximum atomic E-state index is 12.5. The minimum absolute atomic E-state index is 0.0312. The summed E-state index contributed by atoms with van der Waals surface area (Å²) in [6.07, 6.45) is 0.195. The summed E-state index contributed by atoms with van der Waals surface area (Å²) in [4.78, 5) is 24.3. The van der Waals surface area contributed by atoms with E-state index in [4.69, 9.17) is 0 Å². The molecule has 27 heavy (non-hydrogen) atoms. The second-order valence-electron chi connectivity index (χ2n) is 7.68. The minimum Gasteiger partial charge on any atom is -0.481 e. The Hall–Kier alpha value is -2.63. The van der Waals surface area contributed by atoms with Gasteiger partial charge in [0.05, 0.1) is 12.1 Å². The summed E-state index contributed by atoms with van der Waals surface area (Å²) >= 11 is 0. The molecule has 2 N–H and O–H groups in total. The van der Waals surface area contributed by atoms with Crippen LogP contribution in [0.3, 0.4) is 0 Å². The van der Waals surface area contributed by atoms with Crippen LogP contribution in [0.25, 0.3) is 0 Å². The Morgan fingerprint density at radius 3 is 2.41 bits per heavy atom. The number of aryl methyl sites for hydroxylation is 1. The number of nitrogens with one attached hydrogen (secondary N) is 1. The van der Waals surface area contributed by atoms with Crippen LogP contribution >= 0.6 is 0 Å². The molecule has 0 aliphatic rings. The van der Waals surface area contributed by atoms with Gasteiger partial charge in [0.25, 0.3) is 0 Å². The van der Waals surface area contributed by atoms with Gasteiger partial charge in [-0.15, -0.1) is 0 Å². The van der Waals surface area contributed by atoms with E-state index >= 15 is 0 Å². The standard InChI is InChI=1S/C21H29N3O3/c1-14(2)12-24-16(4)18(15(3)23-24)11-19(25)22-13-21(5,20(26)27)17-9-7-6-8-10-17/h6-10,14H,11-13H2,1-5H3,(H,22,25)(H,26,27). The van der Waals surface area contributed by atoms with Gasteiger partial charge in [0, 0.05) is 24.3 Å². The summed E-state index contributed by atoms with van der Waals surface area (Å²) in [5, 5.41) is 17.0. The van der Waals surface area contributed by atoms with Gasteiger partial charge in [-0.05, 0) is 32.3 Å². The van der Waals surface area contributed by atoms with Gasteiger partial charge in [-0.3, -0.25) is 14.3 Å². The van der Waals surface area contributed by atoms with Gasteiger partial charge in [0.1, 0.15) is 5.41 Å². The first-order valence-electron chi connectivity index (χ1n) is 9.23. The molecule has 1 aromatic heterocycles. The predicted octanol–water partition coefficient (Wildman–Crippen LogP) is 2.86. The van der Waals surface area contributed by atoms with Crippen molar-refractivity contribution in [1.82, 2.24) is 15.1 Å². The molecule has 2 rings (SSSR count). The third-order valence-corrected chi connectivity index (χ3v) is 4.93. The summed E-state index contributed by atoms with van der Waals surface area (Å²) in [5.41, 5.74) is 2.22. The molecule has 1 heterocycles. The Morgan fingerprint density at radius 2 is 1.85 bits per heavy atom. The van der Waals surface area contributed by atoms with Crippen molar-refractivity contribution in [2.45, 2.75) is 53.0 Å². The molecule has 1 atom stereocenters. The third-order valence-electron chi connectivity index (χ3n) is 4.93. The first-order valence-corrected chi connectivity index (χ1v) is 9.23. The topological polar surface area (TPSA) is 84.2 Å². The second-order valence-corrected chi connectivity index (χ2v) is 7.68. The lowest BCUT2D eigenvalue weighted by Crippen LogP contribution is -2.44. The largest absolute Gasteiger partial charge is 0.481 e. The molecular formula is C21H29N3O3. The monoisotopic (exact) mass is 371 g/mol. The Bertz CT molecular complexity index is 812. The van der Waals surface area contributed by atoms with Gasteiger partial charge >= 0.3 is 5.97 Å². The number of benzene rings is 1. The molecule has 2 aromatic rings. The molecule has 0 saturated heterocycles. The van der Waals surface area contributed by atoms with Gasteiger partial charge in [-0.2, -0.15) is 5.10 Å². The summed E-state index contributed by atoms with van der Waals surface area (Å²) in [7, 11) is 0. The molecule has 0 fully saturated rings. The zero-order valence-electron chi connectivity index (χ0n) is 16.7. The minimum atomic E-state index is -1.18. The summed E-state index contributed by atoms with van der Waals surface area (Å²) in [6.45, 7) is 10.6. The highest BCUT2D eigenvalue weighted by Gasteiger charge is 2.35. The number of carboxylic acids is 1. The molecule has 0 radical (unpaired) electrons. The Morgan fingerprint density at radius 1 is 1.22 bits per heavy atom. The number of hydrogen-bond acceptors (Lipinski definition) is 3. The number of amides is 1. The van der Waals surface area contributed by atoms with Crippen LogP contribution in [0.5, 0.6) is 0 Å². The van der Waals surface area contributed by atoms with Crippen LogP contribution in [-0.2, 0) is 28.0 Å². The maximum absolute atomic E-state index is 12.5. The molecule has 0 bridgehead atoms. The number of carbonyl (C=O) groups excluding carboxylic acids is 1. The van der Waals surface area contributed by atoms with Crippen molar-refractivity contribution in [1.29, 1.82) is 0 Å². The maximum Gasteiger partial charge on any atom is 0.315 e. The fraction of sp³-hybridized carbons (Fsp3) is 0.476. The van der Waals surface area contributed by atoms with Crippen LogP contribution < -0.4 is 5.32 Å². The van der Waals surface area contributed by atoms with Gasteiger partial charge in [-0.1, -0.05) is 44.2 Å². The average Bonchev–Trinajstić information content (AvgIpc) is 2.87. The number of carboxylic acid groups (broad SMARTS) is 1. The molecule has 146 valence electrons. The van der Waals surface area contributed by atoms with Crippen molar-refractivity contribution < 1.29 is 14.7 Å². The number of rotatable bonds is 8. The van der Waals surface area contributed by atoms with Crippen molar-refractivity contribution in [2.24, 2.45) is 5.92 Å². The number of hydrogen-bond donors (Lipinski definition) is 2. The molecule has 6 heteroatoms. The Balaban J connectivity index is 2.10. The van der Waals surface area contributed by atoms with Crippen molar-refractivity contribution in [3.05, 3.63) is 52.8 Å². The van der Waals surface area contributed by atoms with E-state index in [2.05, 4.69) is 24.3 Å². The van der Waals surface area contributed by atoms with E-state index in [-0.39, 0.29) is 18.9 Å². The highest BCUT2D eigenvalue weighted by atomic mass is 16.4. The second kappa shape index (κ2) is 8.37. The average molecular weight is 371 g/mol. The van der Waals surface area contributed by atoms with Crippen molar-refractivity contribution in [2.75, 3.05) is 6.54 Å². The van der Waals surface area contributed by atoms with Crippen LogP contribution in [0.1, 0.15) is 43.3 Å². The highest BCUT2D eigenvalue weighted by molar-refractivity contribution is 5.84. The van der Waals surface area contributed by atoms with Gasteiger partial charge in [0.15, 0.2) is 0 Å². The molecule has 0 spiro atoms. The van der Waals surface area contributed by atoms with Gasteiger partial charge in [0.2, 0.25) is 5.91 Å². The van der Waals surface area contributed by atoms with Gasteiger partial charge < -0.3 is 10.4 Å². The lowest BCUT2D eigenvalue weighted by molar-refractivity contribution is -0.143. The number of aliphatic carboxylic acids is 1. The van der Waals surface area contributed by atoms with E-state index in [0.717, 1.165) is 23.5 Å². The zero-order valence-corrected chi connectivity index (χ0v) is 16.7. The Labute approximate surface area is 160 Å². The third kappa shape index (κ3) is 4.76. The fourth-order valence-electron chi connectivity index (χ4n) is 3.12. The van der Waals surface area contributed by atoms with Crippen LogP contribution in [0.2, 0.25) is 0 Å². The summed E-state index contributed by atoms with van der Waals surface area (Å²) in [6, 6.07) is 8.97. The van der Waals surface area contributed by atoms with Crippen molar-refractivity contribution in [3.8, 4) is 0 Å². The first kappa shape index (κ1) is 20.7. The van der Waals surface area contributed by atoms with E-state index in [0.29, 0.717) is 11.5 Å². The molecule has 1 unspecified atom stereocenters. The molecule has 1 aromatic carbocycles. The van der Waals surface area contributed by atoms with E-state index < -0.39 is 11.4 Å². The number of nitrogens with zero attached hydrogens (tertiary/aromatic N) is 2. The normalized spacial score (nSPS) is 13.4. The molecule has 0 saturated carbocycles. The highest BCUT2D eigenvalue weighted by Crippen LogP contribution is 2.23. The summed E-state index contributed by atoms with van der Waals surface area (Å²) < 4.78 is 1.94. The van der Waals surface area contributed by atoms with Crippen LogP contribution in [0.4, 0.5) is 0 Å². The predicted molar refractivity (Wildman–Crippen MR) is 105 cm³/mol. The fourth-order valence-corrected chi connectivity index (χ4v) is 3.12. The lowest BCUT2D eigenvalue weighted by atomic mass is 9.82. The Kier molecular flexibility index (Phi) is 6.41. The molecule has 1 amide bonds. The van der Waals surface area contributed by atoms with Crippen LogP contribution in [-0.4, -0.2) is 33.3 Å². The molecular weight excluding hydrogens is 342 g/mol. The molecule has 6 nitrogen and oxygen atoms in total.